The van der Waals surface area contributed by atoms with Gasteiger partial charge in [0.05, 0.1) is 6.54 Å². The Kier molecular flexibility index (Phi) is 6.11. The monoisotopic (exact) mass is 302 g/mol. The maximum absolute atomic E-state index is 12.0. The van der Waals surface area contributed by atoms with Crippen LogP contribution in [0.25, 0.3) is 0 Å². The highest BCUT2D eigenvalue weighted by atomic mass is 35.5. The Morgan fingerprint density at radius 1 is 1.16 bits per heavy atom. The van der Waals surface area contributed by atoms with Gasteiger partial charge in [0.25, 0.3) is 0 Å². The highest BCUT2D eigenvalue weighted by molar-refractivity contribution is 6.34. The molecule has 3 nitrogen and oxygen atoms in total. The first-order valence-corrected chi connectivity index (χ1v) is 6.94. The average molecular weight is 303 g/mol. The van der Waals surface area contributed by atoms with Crippen LogP contribution in [0.1, 0.15) is 19.4 Å². The van der Waals surface area contributed by atoms with Gasteiger partial charge in [-0.05, 0) is 44.7 Å². The highest BCUT2D eigenvalue weighted by Crippen LogP contribution is 2.19. The van der Waals surface area contributed by atoms with Gasteiger partial charge >= 0.3 is 0 Å². The van der Waals surface area contributed by atoms with Crippen molar-refractivity contribution in [3.05, 3.63) is 33.8 Å². The molecule has 5 heteroatoms. The van der Waals surface area contributed by atoms with Crippen LogP contribution in [0.15, 0.2) is 18.2 Å². The molecule has 0 atom stereocenters. The number of carbonyl (C=O) groups is 1. The fourth-order valence-corrected chi connectivity index (χ4v) is 2.27. The third-order valence-electron chi connectivity index (χ3n) is 2.95. The van der Waals surface area contributed by atoms with E-state index in [2.05, 4.69) is 0 Å². The van der Waals surface area contributed by atoms with Crippen molar-refractivity contribution in [2.45, 2.75) is 26.4 Å². The van der Waals surface area contributed by atoms with Crippen LogP contribution in [0.5, 0.6) is 0 Å². The lowest BCUT2D eigenvalue weighted by Gasteiger charge is -2.25. The lowest BCUT2D eigenvalue weighted by atomic mass is 10.2. The second kappa shape index (κ2) is 7.13. The van der Waals surface area contributed by atoms with Crippen LogP contribution in [0.2, 0.25) is 10.0 Å². The van der Waals surface area contributed by atoms with E-state index >= 15 is 0 Å². The molecule has 0 bridgehead atoms. The predicted octanol–water partition coefficient (Wildman–Crippen LogP) is 3.29. The molecule has 0 unspecified atom stereocenters. The molecule has 0 radical (unpaired) electrons. The highest BCUT2D eigenvalue weighted by Gasteiger charge is 2.14. The Morgan fingerprint density at radius 3 is 2.16 bits per heavy atom. The number of carbonyl (C=O) groups excluding carboxylic acids is 1. The Bertz CT molecular complexity index is 429. The van der Waals surface area contributed by atoms with E-state index in [-0.39, 0.29) is 11.9 Å². The molecule has 1 amide bonds. The van der Waals surface area contributed by atoms with Crippen molar-refractivity contribution in [1.82, 2.24) is 9.80 Å². The van der Waals surface area contributed by atoms with Crippen LogP contribution in [0.3, 0.4) is 0 Å². The zero-order valence-corrected chi connectivity index (χ0v) is 13.3. The molecule has 0 saturated carbocycles. The maximum Gasteiger partial charge on any atom is 0.236 e. The normalized spacial score (nSPS) is 11.2. The van der Waals surface area contributed by atoms with E-state index in [1.165, 1.54) is 0 Å². The molecule has 0 saturated heterocycles. The number of likely N-dealkylation sites (N-methyl/N-ethyl adjacent to an activating group) is 2. The van der Waals surface area contributed by atoms with Gasteiger partial charge in [-0.25, -0.2) is 0 Å². The second-order valence-electron chi connectivity index (χ2n) is 5.05. The Balaban J connectivity index is 2.60. The molecule has 0 heterocycles. The van der Waals surface area contributed by atoms with Crippen LogP contribution >= 0.6 is 23.2 Å². The van der Waals surface area contributed by atoms with Gasteiger partial charge in [0.2, 0.25) is 5.91 Å². The van der Waals surface area contributed by atoms with E-state index in [0.29, 0.717) is 23.1 Å². The van der Waals surface area contributed by atoms with Gasteiger partial charge in [-0.3, -0.25) is 9.69 Å². The summed E-state index contributed by atoms with van der Waals surface area (Å²) in [7, 11) is 3.72. The second-order valence-corrected chi connectivity index (χ2v) is 5.92. The summed E-state index contributed by atoms with van der Waals surface area (Å²) in [6.07, 6.45) is 0. The molecule has 1 rings (SSSR count). The number of nitrogens with zero attached hydrogens (tertiary/aromatic N) is 2. The van der Waals surface area contributed by atoms with Gasteiger partial charge in [-0.15, -0.1) is 0 Å². The lowest BCUT2D eigenvalue weighted by Crippen LogP contribution is -2.39. The standard InChI is InChI=1S/C14H20Cl2N2O/c1-10(2)18(4)14(19)9-17(3)8-11-5-12(15)7-13(16)6-11/h5-7,10H,8-9H2,1-4H3. The molecule has 0 aliphatic carbocycles. The van der Waals surface area contributed by atoms with Crippen molar-refractivity contribution in [2.75, 3.05) is 20.6 Å². The van der Waals surface area contributed by atoms with Crippen molar-refractivity contribution >= 4 is 29.1 Å². The molecule has 0 aromatic heterocycles. The molecule has 0 aliphatic heterocycles. The first-order chi connectivity index (χ1) is 8.79. The van der Waals surface area contributed by atoms with Crippen molar-refractivity contribution in [1.29, 1.82) is 0 Å². The first kappa shape index (κ1) is 16.3. The van der Waals surface area contributed by atoms with Gasteiger partial charge in [0, 0.05) is 29.7 Å². The van der Waals surface area contributed by atoms with E-state index in [1.54, 1.807) is 11.0 Å². The first-order valence-electron chi connectivity index (χ1n) is 6.18. The van der Waals surface area contributed by atoms with Crippen LogP contribution in [0, 0.1) is 0 Å². The van der Waals surface area contributed by atoms with Gasteiger partial charge in [-0.2, -0.15) is 0 Å². The Hall–Kier alpha value is -0.770. The van der Waals surface area contributed by atoms with E-state index in [0.717, 1.165) is 5.56 Å². The molecule has 0 fully saturated rings. The molecule has 1 aromatic rings. The number of hydrogen-bond acceptors (Lipinski definition) is 2. The van der Waals surface area contributed by atoms with Gasteiger partial charge < -0.3 is 4.90 Å². The van der Waals surface area contributed by atoms with Crippen LogP contribution < -0.4 is 0 Å². The molecule has 1 aromatic carbocycles. The van der Waals surface area contributed by atoms with Crippen molar-refractivity contribution in [2.24, 2.45) is 0 Å². The molecule has 0 aliphatic rings. The molecular formula is C14H20Cl2N2O. The molecule has 0 spiro atoms. The number of benzene rings is 1. The van der Waals surface area contributed by atoms with Crippen LogP contribution in [-0.2, 0) is 11.3 Å². The minimum Gasteiger partial charge on any atom is -0.342 e. The number of amides is 1. The summed E-state index contributed by atoms with van der Waals surface area (Å²) < 4.78 is 0. The maximum atomic E-state index is 12.0. The van der Waals surface area contributed by atoms with Gasteiger partial charge in [0.15, 0.2) is 0 Å². The van der Waals surface area contributed by atoms with E-state index in [4.69, 9.17) is 23.2 Å². The number of halogens is 2. The summed E-state index contributed by atoms with van der Waals surface area (Å²) in [5, 5.41) is 1.23. The molecule has 106 valence electrons. The lowest BCUT2D eigenvalue weighted by molar-refractivity contribution is -0.132. The average Bonchev–Trinajstić information content (AvgIpc) is 2.25. The third-order valence-corrected chi connectivity index (χ3v) is 3.38. The predicted molar refractivity (Wildman–Crippen MR) is 80.7 cm³/mol. The Morgan fingerprint density at radius 2 is 1.68 bits per heavy atom. The summed E-state index contributed by atoms with van der Waals surface area (Å²) in [5.74, 6) is 0.102. The molecule has 19 heavy (non-hydrogen) atoms. The molecule has 0 N–H and O–H groups in total. The Labute approximate surface area is 125 Å². The van der Waals surface area contributed by atoms with Crippen LogP contribution in [0.4, 0.5) is 0 Å². The summed E-state index contributed by atoms with van der Waals surface area (Å²) >= 11 is 11.9. The van der Waals surface area contributed by atoms with Crippen molar-refractivity contribution in [3.8, 4) is 0 Å². The minimum atomic E-state index is 0.102. The van der Waals surface area contributed by atoms with Crippen molar-refractivity contribution in [3.63, 3.8) is 0 Å². The van der Waals surface area contributed by atoms with Crippen molar-refractivity contribution < 1.29 is 4.79 Å². The van der Waals surface area contributed by atoms with E-state index in [9.17, 15) is 4.79 Å². The van der Waals surface area contributed by atoms with E-state index < -0.39 is 0 Å². The van der Waals surface area contributed by atoms with Gasteiger partial charge in [0.1, 0.15) is 0 Å². The number of rotatable bonds is 5. The summed E-state index contributed by atoms with van der Waals surface area (Å²) in [6, 6.07) is 5.63. The fraction of sp³-hybridized carbons (Fsp3) is 0.500. The summed E-state index contributed by atoms with van der Waals surface area (Å²) in [6.45, 7) is 5.00. The third kappa shape index (κ3) is 5.39. The minimum absolute atomic E-state index is 0.102. The molecular weight excluding hydrogens is 283 g/mol. The topological polar surface area (TPSA) is 23.6 Å². The van der Waals surface area contributed by atoms with Crippen LogP contribution in [-0.4, -0.2) is 42.4 Å². The number of hydrogen-bond donors (Lipinski definition) is 0. The SMILES string of the molecule is CC(C)N(C)C(=O)CN(C)Cc1cc(Cl)cc(Cl)c1. The fourth-order valence-electron chi connectivity index (χ4n) is 1.70. The quantitative estimate of drug-likeness (QED) is 0.833. The van der Waals surface area contributed by atoms with E-state index in [1.807, 2.05) is 45.0 Å². The zero-order chi connectivity index (χ0) is 14.6. The summed E-state index contributed by atoms with van der Waals surface area (Å²) in [5.41, 5.74) is 1.00. The summed E-state index contributed by atoms with van der Waals surface area (Å²) in [4.78, 5) is 15.6. The largest absolute Gasteiger partial charge is 0.342 e. The smallest absolute Gasteiger partial charge is 0.236 e. The zero-order valence-electron chi connectivity index (χ0n) is 11.8. The van der Waals surface area contributed by atoms with Gasteiger partial charge in [-0.1, -0.05) is 23.2 Å².